The summed E-state index contributed by atoms with van der Waals surface area (Å²) in [4.78, 5) is 18.4. The molecule has 1 saturated heterocycles. The Morgan fingerprint density at radius 3 is 2.86 bits per heavy atom. The van der Waals surface area contributed by atoms with Crippen LogP contribution in [-0.2, 0) is 4.79 Å². The first-order valence-corrected chi connectivity index (χ1v) is 8.08. The first kappa shape index (κ1) is 16.7. The van der Waals surface area contributed by atoms with Crippen LogP contribution in [0.15, 0.2) is 30.6 Å². The highest BCUT2D eigenvalue weighted by atomic mass is 16.1. The molecule has 22 heavy (non-hydrogen) atoms. The molecular formula is C18H27N3O. The fraction of sp³-hybridized carbons (Fsp3) is 0.556. The van der Waals surface area contributed by atoms with Gasteiger partial charge in [-0.2, -0.15) is 0 Å². The van der Waals surface area contributed by atoms with E-state index in [1.165, 1.54) is 12.8 Å². The molecule has 2 heterocycles. The van der Waals surface area contributed by atoms with Crippen molar-refractivity contribution in [3.05, 3.63) is 36.2 Å². The van der Waals surface area contributed by atoms with Crippen molar-refractivity contribution in [2.45, 2.75) is 39.2 Å². The standard InChI is InChI=1S/C18H27N3O/c1-15-5-4-12-21(13-15)18(2,3)14-20-17(22)7-6-16-8-10-19-11-9-16/h6-11,15H,4-5,12-14H2,1-3H3,(H,20,22). The molecule has 0 spiro atoms. The van der Waals surface area contributed by atoms with Gasteiger partial charge in [-0.1, -0.05) is 6.92 Å². The Balaban J connectivity index is 1.83. The topological polar surface area (TPSA) is 45.2 Å². The van der Waals surface area contributed by atoms with Gasteiger partial charge in [0.1, 0.15) is 0 Å². The number of piperidine rings is 1. The average Bonchev–Trinajstić information content (AvgIpc) is 2.52. The highest BCUT2D eigenvalue weighted by molar-refractivity contribution is 5.91. The van der Waals surface area contributed by atoms with Crippen molar-refractivity contribution < 1.29 is 4.79 Å². The quantitative estimate of drug-likeness (QED) is 0.851. The zero-order valence-electron chi connectivity index (χ0n) is 13.9. The second-order valence-electron chi connectivity index (χ2n) is 6.84. The Morgan fingerprint density at radius 2 is 2.18 bits per heavy atom. The second-order valence-corrected chi connectivity index (χ2v) is 6.84. The maximum Gasteiger partial charge on any atom is 0.244 e. The number of nitrogens with one attached hydrogen (secondary N) is 1. The van der Waals surface area contributed by atoms with Gasteiger partial charge in [-0.15, -0.1) is 0 Å². The van der Waals surface area contributed by atoms with E-state index in [-0.39, 0.29) is 11.4 Å². The number of carbonyl (C=O) groups excluding carboxylic acids is 1. The molecule has 2 rings (SSSR count). The van der Waals surface area contributed by atoms with Crippen molar-refractivity contribution in [3.8, 4) is 0 Å². The van der Waals surface area contributed by atoms with Gasteiger partial charge in [-0.3, -0.25) is 14.7 Å². The molecule has 1 N–H and O–H groups in total. The Morgan fingerprint density at radius 1 is 1.45 bits per heavy atom. The van der Waals surface area contributed by atoms with Gasteiger partial charge < -0.3 is 5.32 Å². The molecule has 0 aliphatic carbocycles. The third-order valence-corrected chi connectivity index (χ3v) is 4.34. The molecule has 120 valence electrons. The summed E-state index contributed by atoms with van der Waals surface area (Å²) in [7, 11) is 0. The molecule has 1 aromatic rings. The van der Waals surface area contributed by atoms with Crippen molar-refractivity contribution >= 4 is 12.0 Å². The summed E-state index contributed by atoms with van der Waals surface area (Å²) in [6.45, 7) is 9.63. The van der Waals surface area contributed by atoms with E-state index in [9.17, 15) is 4.79 Å². The van der Waals surface area contributed by atoms with Crippen molar-refractivity contribution in [1.29, 1.82) is 0 Å². The molecule has 0 bridgehead atoms. The third-order valence-electron chi connectivity index (χ3n) is 4.34. The Bertz CT molecular complexity index is 510. The van der Waals surface area contributed by atoms with Gasteiger partial charge in [-0.25, -0.2) is 0 Å². The van der Waals surface area contributed by atoms with E-state index in [1.54, 1.807) is 18.5 Å². The Hall–Kier alpha value is -1.68. The number of likely N-dealkylation sites (tertiary alicyclic amines) is 1. The number of nitrogens with zero attached hydrogens (tertiary/aromatic N) is 2. The molecule has 4 heteroatoms. The minimum atomic E-state index is -0.0463. The molecular weight excluding hydrogens is 274 g/mol. The van der Waals surface area contributed by atoms with Crippen LogP contribution in [-0.4, -0.2) is 41.0 Å². The monoisotopic (exact) mass is 301 g/mol. The van der Waals surface area contributed by atoms with Gasteiger partial charge in [0.2, 0.25) is 5.91 Å². The molecule has 0 radical (unpaired) electrons. The lowest BCUT2D eigenvalue weighted by Crippen LogP contribution is -2.54. The zero-order valence-corrected chi connectivity index (χ0v) is 13.9. The van der Waals surface area contributed by atoms with Crippen LogP contribution in [0.2, 0.25) is 0 Å². The van der Waals surface area contributed by atoms with Crippen molar-refractivity contribution in [3.63, 3.8) is 0 Å². The molecule has 1 amide bonds. The number of hydrogen-bond donors (Lipinski definition) is 1. The number of hydrogen-bond acceptors (Lipinski definition) is 3. The molecule has 1 aliphatic heterocycles. The van der Waals surface area contributed by atoms with Crippen molar-refractivity contribution in [1.82, 2.24) is 15.2 Å². The van der Waals surface area contributed by atoms with E-state index in [0.29, 0.717) is 6.54 Å². The molecule has 1 atom stereocenters. The average molecular weight is 301 g/mol. The van der Waals surface area contributed by atoms with E-state index in [0.717, 1.165) is 24.6 Å². The van der Waals surface area contributed by atoms with E-state index in [1.807, 2.05) is 18.2 Å². The zero-order chi connectivity index (χ0) is 16.0. The number of carbonyl (C=O) groups is 1. The number of rotatable bonds is 5. The van der Waals surface area contributed by atoms with Crippen LogP contribution in [0.4, 0.5) is 0 Å². The second kappa shape index (κ2) is 7.54. The first-order valence-electron chi connectivity index (χ1n) is 8.08. The lowest BCUT2D eigenvalue weighted by Gasteiger charge is -2.43. The van der Waals surface area contributed by atoms with E-state index < -0.39 is 0 Å². The van der Waals surface area contributed by atoms with Gasteiger partial charge in [0.25, 0.3) is 0 Å². The minimum Gasteiger partial charge on any atom is -0.351 e. The number of pyridine rings is 1. The Kier molecular flexibility index (Phi) is 5.72. The predicted octanol–water partition coefficient (Wildman–Crippen LogP) is 2.72. The fourth-order valence-corrected chi connectivity index (χ4v) is 2.86. The highest BCUT2D eigenvalue weighted by Gasteiger charge is 2.30. The van der Waals surface area contributed by atoms with Gasteiger partial charge in [0.15, 0.2) is 0 Å². The normalized spacial score (nSPS) is 20.2. The maximum absolute atomic E-state index is 12.0. The van der Waals surface area contributed by atoms with E-state index in [2.05, 4.69) is 36.0 Å². The summed E-state index contributed by atoms with van der Waals surface area (Å²) in [6, 6.07) is 3.76. The number of aromatic nitrogens is 1. The third kappa shape index (κ3) is 4.95. The summed E-state index contributed by atoms with van der Waals surface area (Å²) < 4.78 is 0. The van der Waals surface area contributed by atoms with Crippen LogP contribution in [0, 0.1) is 5.92 Å². The van der Waals surface area contributed by atoms with Crippen molar-refractivity contribution in [2.24, 2.45) is 5.92 Å². The SMILES string of the molecule is CC1CCCN(C(C)(C)CNC(=O)C=Cc2ccncc2)C1. The van der Waals surface area contributed by atoms with Gasteiger partial charge >= 0.3 is 0 Å². The molecule has 0 saturated carbocycles. The van der Waals surface area contributed by atoms with Crippen LogP contribution in [0.25, 0.3) is 6.08 Å². The summed E-state index contributed by atoms with van der Waals surface area (Å²) in [6.07, 6.45) is 9.40. The number of amides is 1. The van der Waals surface area contributed by atoms with Crippen LogP contribution in [0.1, 0.15) is 39.2 Å². The van der Waals surface area contributed by atoms with Crippen LogP contribution in [0.3, 0.4) is 0 Å². The fourth-order valence-electron chi connectivity index (χ4n) is 2.86. The predicted molar refractivity (Wildman–Crippen MR) is 90.3 cm³/mol. The maximum atomic E-state index is 12.0. The Labute approximate surface area is 133 Å². The van der Waals surface area contributed by atoms with E-state index in [4.69, 9.17) is 0 Å². The van der Waals surface area contributed by atoms with Crippen molar-refractivity contribution in [2.75, 3.05) is 19.6 Å². The molecule has 0 aromatic carbocycles. The minimum absolute atomic E-state index is 0.00511. The highest BCUT2D eigenvalue weighted by Crippen LogP contribution is 2.23. The molecule has 1 fully saturated rings. The largest absolute Gasteiger partial charge is 0.351 e. The summed E-state index contributed by atoms with van der Waals surface area (Å²) in [5, 5.41) is 3.02. The van der Waals surface area contributed by atoms with Gasteiger partial charge in [0.05, 0.1) is 0 Å². The smallest absolute Gasteiger partial charge is 0.244 e. The lowest BCUT2D eigenvalue weighted by molar-refractivity contribution is -0.117. The summed E-state index contributed by atoms with van der Waals surface area (Å²) >= 11 is 0. The van der Waals surface area contributed by atoms with Gasteiger partial charge in [-0.05, 0) is 62.9 Å². The van der Waals surface area contributed by atoms with E-state index >= 15 is 0 Å². The molecule has 1 aromatic heterocycles. The molecule has 1 aliphatic rings. The summed E-state index contributed by atoms with van der Waals surface area (Å²) in [5.41, 5.74) is 0.976. The lowest BCUT2D eigenvalue weighted by atomic mass is 9.93. The molecule has 4 nitrogen and oxygen atoms in total. The first-order chi connectivity index (χ1) is 10.5. The van der Waals surface area contributed by atoms with Crippen LogP contribution in [0.5, 0.6) is 0 Å². The molecule has 1 unspecified atom stereocenters. The van der Waals surface area contributed by atoms with Gasteiger partial charge in [0, 0.05) is 37.1 Å². The summed E-state index contributed by atoms with van der Waals surface area (Å²) in [5.74, 6) is 0.699. The van der Waals surface area contributed by atoms with Crippen LogP contribution >= 0.6 is 0 Å². The van der Waals surface area contributed by atoms with Crippen LogP contribution < -0.4 is 5.32 Å².